The first-order valence-electron chi connectivity index (χ1n) is 6.72. The Morgan fingerprint density at radius 3 is 2.38 bits per heavy atom. The van der Waals surface area contributed by atoms with Crippen molar-refractivity contribution in [2.75, 3.05) is 0 Å². The zero-order valence-corrected chi connectivity index (χ0v) is 11.1. The lowest BCUT2D eigenvalue weighted by Gasteiger charge is -2.49. The third kappa shape index (κ3) is 0.796. The molecule has 1 heteroatoms. The third-order valence-electron chi connectivity index (χ3n) is 6.41. The minimum atomic E-state index is -0.474. The monoisotopic (exact) mass is 220 g/mol. The van der Waals surface area contributed by atoms with Gasteiger partial charge in [-0.05, 0) is 50.4 Å². The molecule has 0 unspecified atom stereocenters. The fourth-order valence-corrected chi connectivity index (χ4v) is 5.90. The van der Waals surface area contributed by atoms with Crippen LogP contribution in [0.4, 0.5) is 0 Å². The van der Waals surface area contributed by atoms with Crippen LogP contribution in [0.3, 0.4) is 0 Å². The largest absolute Gasteiger partial charge is 0.389 e. The van der Waals surface area contributed by atoms with Crippen molar-refractivity contribution in [3.8, 4) is 0 Å². The van der Waals surface area contributed by atoms with Gasteiger partial charge in [0.2, 0.25) is 0 Å². The molecule has 90 valence electrons. The summed E-state index contributed by atoms with van der Waals surface area (Å²) in [6.45, 7) is 9.10. The summed E-state index contributed by atoms with van der Waals surface area (Å²) in [6, 6.07) is 0. The van der Waals surface area contributed by atoms with Crippen LogP contribution in [0.25, 0.3) is 0 Å². The lowest BCUT2D eigenvalue weighted by atomic mass is 9.56. The minimum absolute atomic E-state index is 0.101. The van der Waals surface area contributed by atoms with Gasteiger partial charge in [0.05, 0.1) is 5.60 Å². The Balaban J connectivity index is 2.27. The summed E-state index contributed by atoms with van der Waals surface area (Å²) < 4.78 is 0. The summed E-state index contributed by atoms with van der Waals surface area (Å²) in [7, 11) is 0. The van der Waals surface area contributed by atoms with Gasteiger partial charge in [-0.1, -0.05) is 31.9 Å². The lowest BCUT2D eigenvalue weighted by molar-refractivity contribution is -0.0714. The predicted octanol–water partition coefficient (Wildman–Crippen LogP) is 3.67. The fraction of sp³-hybridized carbons (Fsp3) is 0.867. The molecular formula is C15H24O. The molecule has 0 heterocycles. The number of aliphatic hydroxyl groups is 1. The Labute approximate surface area is 98.9 Å². The fourth-order valence-electron chi connectivity index (χ4n) is 5.90. The molecule has 3 aliphatic rings. The highest BCUT2D eigenvalue weighted by molar-refractivity contribution is 5.40. The van der Waals surface area contributed by atoms with Crippen LogP contribution >= 0.6 is 0 Å². The second kappa shape index (κ2) is 2.58. The second-order valence-corrected chi connectivity index (χ2v) is 7.16. The summed E-state index contributed by atoms with van der Waals surface area (Å²) in [6.07, 6.45) is 8.46. The average molecular weight is 220 g/mol. The average Bonchev–Trinajstić information content (AvgIpc) is 2.67. The van der Waals surface area contributed by atoms with Crippen molar-refractivity contribution in [3.05, 3.63) is 11.6 Å². The van der Waals surface area contributed by atoms with Gasteiger partial charge in [0.25, 0.3) is 0 Å². The molecule has 3 atom stereocenters. The number of hydrogen-bond acceptors (Lipinski definition) is 1. The number of allylic oxidation sites excluding steroid dienone is 1. The molecule has 0 saturated heterocycles. The van der Waals surface area contributed by atoms with Gasteiger partial charge >= 0.3 is 0 Å². The molecule has 2 saturated carbocycles. The van der Waals surface area contributed by atoms with Crippen LogP contribution < -0.4 is 0 Å². The molecule has 2 fully saturated rings. The molecule has 3 rings (SSSR count). The normalized spacial score (nSPS) is 53.7. The first-order chi connectivity index (χ1) is 7.29. The van der Waals surface area contributed by atoms with Crippen LogP contribution in [-0.4, -0.2) is 10.7 Å². The molecule has 0 aromatic carbocycles. The van der Waals surface area contributed by atoms with Gasteiger partial charge in [-0.3, -0.25) is 0 Å². The predicted molar refractivity (Wildman–Crippen MR) is 66.1 cm³/mol. The Morgan fingerprint density at radius 2 is 1.75 bits per heavy atom. The van der Waals surface area contributed by atoms with E-state index in [9.17, 15) is 5.11 Å². The van der Waals surface area contributed by atoms with Crippen LogP contribution in [0.5, 0.6) is 0 Å². The highest BCUT2D eigenvalue weighted by Crippen LogP contribution is 2.78. The maximum atomic E-state index is 10.9. The van der Waals surface area contributed by atoms with E-state index in [4.69, 9.17) is 0 Å². The molecule has 0 spiro atoms. The van der Waals surface area contributed by atoms with Gasteiger partial charge in [-0.15, -0.1) is 0 Å². The van der Waals surface area contributed by atoms with Gasteiger partial charge in [-0.2, -0.15) is 0 Å². The topological polar surface area (TPSA) is 20.2 Å². The van der Waals surface area contributed by atoms with Crippen molar-refractivity contribution in [2.45, 2.75) is 65.4 Å². The Bertz CT molecular complexity index is 377. The number of rotatable bonds is 0. The van der Waals surface area contributed by atoms with Crippen LogP contribution in [0.1, 0.15) is 59.8 Å². The molecule has 1 N–H and O–H groups in total. The highest BCUT2D eigenvalue weighted by atomic mass is 16.3. The molecule has 0 amide bonds. The molecule has 0 radical (unpaired) electrons. The van der Waals surface area contributed by atoms with Crippen molar-refractivity contribution in [3.63, 3.8) is 0 Å². The van der Waals surface area contributed by atoms with E-state index in [0.29, 0.717) is 5.41 Å². The summed E-state index contributed by atoms with van der Waals surface area (Å²) in [5.41, 5.74) is 1.72. The summed E-state index contributed by atoms with van der Waals surface area (Å²) in [4.78, 5) is 0. The maximum absolute atomic E-state index is 10.9. The number of hydrogen-bond donors (Lipinski definition) is 1. The van der Waals surface area contributed by atoms with Gasteiger partial charge < -0.3 is 5.11 Å². The zero-order valence-electron chi connectivity index (χ0n) is 11.1. The van der Waals surface area contributed by atoms with Crippen molar-refractivity contribution in [1.82, 2.24) is 0 Å². The van der Waals surface area contributed by atoms with E-state index in [1.807, 2.05) is 0 Å². The zero-order chi connectivity index (χ0) is 11.8. The van der Waals surface area contributed by atoms with Crippen LogP contribution in [-0.2, 0) is 0 Å². The maximum Gasteiger partial charge on any atom is 0.0718 e. The Morgan fingerprint density at radius 1 is 1.06 bits per heavy atom. The second-order valence-electron chi connectivity index (χ2n) is 7.16. The quantitative estimate of drug-likeness (QED) is 0.617. The smallest absolute Gasteiger partial charge is 0.0718 e. The molecule has 0 aromatic heterocycles. The van der Waals surface area contributed by atoms with Gasteiger partial charge in [0.1, 0.15) is 0 Å². The summed E-state index contributed by atoms with van der Waals surface area (Å²) >= 11 is 0. The molecule has 0 aliphatic heterocycles. The first kappa shape index (κ1) is 10.8. The molecule has 0 aromatic rings. The van der Waals surface area contributed by atoms with E-state index in [1.165, 1.54) is 31.3 Å². The van der Waals surface area contributed by atoms with Gasteiger partial charge in [0, 0.05) is 5.41 Å². The molecule has 0 bridgehead atoms. The first-order valence-corrected chi connectivity index (χ1v) is 6.72. The molecular weight excluding hydrogens is 196 g/mol. The van der Waals surface area contributed by atoms with E-state index < -0.39 is 5.60 Å². The highest BCUT2D eigenvalue weighted by Gasteiger charge is 2.74. The Kier molecular flexibility index (Phi) is 1.75. The van der Waals surface area contributed by atoms with Crippen LogP contribution in [0.15, 0.2) is 11.6 Å². The van der Waals surface area contributed by atoms with Crippen molar-refractivity contribution >= 4 is 0 Å². The van der Waals surface area contributed by atoms with Crippen molar-refractivity contribution in [2.24, 2.45) is 16.2 Å². The van der Waals surface area contributed by atoms with Crippen LogP contribution in [0, 0.1) is 16.2 Å². The van der Waals surface area contributed by atoms with E-state index >= 15 is 0 Å². The van der Waals surface area contributed by atoms with E-state index in [-0.39, 0.29) is 10.8 Å². The van der Waals surface area contributed by atoms with Crippen LogP contribution in [0.2, 0.25) is 0 Å². The SMILES string of the molecule is CC1=CC(C)(C)[C@]23CCC[C@]12[C@@](C)(O)CC3. The minimum Gasteiger partial charge on any atom is -0.389 e. The van der Waals surface area contributed by atoms with E-state index in [0.717, 1.165) is 6.42 Å². The molecule has 3 aliphatic carbocycles. The van der Waals surface area contributed by atoms with E-state index in [1.54, 1.807) is 0 Å². The van der Waals surface area contributed by atoms with Crippen molar-refractivity contribution in [1.29, 1.82) is 0 Å². The standard InChI is InChI=1S/C15H24O/c1-11-10-12(2,3)14-6-5-7-15(11,14)13(4,16)8-9-14/h10,16H,5-9H2,1-4H3/t13-,14+,15+/m0/s1. The third-order valence-corrected chi connectivity index (χ3v) is 6.41. The molecule has 1 nitrogen and oxygen atoms in total. The van der Waals surface area contributed by atoms with Gasteiger partial charge in [0.15, 0.2) is 0 Å². The molecule has 16 heavy (non-hydrogen) atoms. The summed E-state index contributed by atoms with van der Waals surface area (Å²) in [5.74, 6) is 0. The lowest BCUT2D eigenvalue weighted by Crippen LogP contribution is -2.49. The van der Waals surface area contributed by atoms with Gasteiger partial charge in [-0.25, -0.2) is 0 Å². The Hall–Kier alpha value is -0.300. The summed E-state index contributed by atoms with van der Waals surface area (Å²) in [5, 5.41) is 10.9. The van der Waals surface area contributed by atoms with E-state index in [2.05, 4.69) is 33.8 Å². The van der Waals surface area contributed by atoms with Crippen molar-refractivity contribution < 1.29 is 5.11 Å².